The maximum absolute atomic E-state index is 13.3. The van der Waals surface area contributed by atoms with Gasteiger partial charge in [0.2, 0.25) is 0 Å². The predicted molar refractivity (Wildman–Crippen MR) is 112 cm³/mol. The summed E-state index contributed by atoms with van der Waals surface area (Å²) < 4.78 is 0. The normalized spacial score (nSPS) is 17.0. The van der Waals surface area contributed by atoms with Crippen LogP contribution in [0.2, 0.25) is 0 Å². The van der Waals surface area contributed by atoms with E-state index in [1.54, 1.807) is 0 Å². The van der Waals surface area contributed by atoms with E-state index < -0.39 is 0 Å². The quantitative estimate of drug-likeness (QED) is 0.317. The molecule has 5 aromatic rings. The standard InChI is InChI=1S/C26H18O/c27-26-20-9-2-1-5-16(20)13-14-22(26)23-15-19-8-3-6-17-11-12-18-7-4-10-21(23)25(18)24(17)19/h1-12,15,22H,13-14H2. The van der Waals surface area contributed by atoms with E-state index in [9.17, 15) is 4.79 Å². The van der Waals surface area contributed by atoms with Gasteiger partial charge in [-0.05, 0) is 62.4 Å². The maximum atomic E-state index is 13.3. The molecule has 0 fully saturated rings. The lowest BCUT2D eigenvalue weighted by Gasteiger charge is -2.26. The number of ketones is 1. The van der Waals surface area contributed by atoms with E-state index in [1.165, 1.54) is 43.4 Å². The Kier molecular flexibility index (Phi) is 2.99. The van der Waals surface area contributed by atoms with Gasteiger partial charge in [0.25, 0.3) is 0 Å². The Labute approximate surface area is 157 Å². The zero-order valence-electron chi connectivity index (χ0n) is 14.9. The summed E-state index contributed by atoms with van der Waals surface area (Å²) >= 11 is 0. The molecule has 0 bridgehead atoms. The first kappa shape index (κ1) is 14.9. The van der Waals surface area contributed by atoms with E-state index in [0.717, 1.165) is 18.4 Å². The van der Waals surface area contributed by atoms with Gasteiger partial charge in [-0.3, -0.25) is 4.79 Å². The van der Waals surface area contributed by atoms with Crippen LogP contribution in [0, 0.1) is 0 Å². The zero-order chi connectivity index (χ0) is 18.0. The first-order valence-electron chi connectivity index (χ1n) is 9.60. The second kappa shape index (κ2) is 5.40. The molecule has 1 unspecified atom stereocenters. The highest BCUT2D eigenvalue weighted by Gasteiger charge is 2.30. The number of fused-ring (bicyclic) bond motifs is 1. The molecule has 128 valence electrons. The lowest BCUT2D eigenvalue weighted by molar-refractivity contribution is 0.0947. The van der Waals surface area contributed by atoms with Crippen LogP contribution in [0.1, 0.15) is 33.8 Å². The molecule has 0 saturated carbocycles. The van der Waals surface area contributed by atoms with Crippen LogP contribution in [0.3, 0.4) is 0 Å². The number of carbonyl (C=O) groups is 1. The Morgan fingerprint density at radius 1 is 0.704 bits per heavy atom. The molecule has 0 N–H and O–H groups in total. The fourth-order valence-electron chi connectivity index (χ4n) is 4.97. The third kappa shape index (κ3) is 2.03. The summed E-state index contributed by atoms with van der Waals surface area (Å²) in [7, 11) is 0. The van der Waals surface area contributed by atoms with Crippen molar-refractivity contribution in [1.29, 1.82) is 0 Å². The van der Waals surface area contributed by atoms with Crippen LogP contribution < -0.4 is 0 Å². The molecule has 1 aliphatic rings. The lowest BCUT2D eigenvalue weighted by atomic mass is 9.76. The van der Waals surface area contributed by atoms with Crippen LogP contribution in [-0.2, 0) is 6.42 Å². The van der Waals surface area contributed by atoms with Crippen molar-refractivity contribution in [2.24, 2.45) is 0 Å². The Morgan fingerprint density at radius 2 is 1.44 bits per heavy atom. The van der Waals surface area contributed by atoms with Crippen molar-refractivity contribution in [3.63, 3.8) is 0 Å². The van der Waals surface area contributed by atoms with Crippen LogP contribution in [0.15, 0.2) is 78.9 Å². The van der Waals surface area contributed by atoms with Crippen LogP contribution in [0.5, 0.6) is 0 Å². The minimum absolute atomic E-state index is 0.0610. The molecule has 0 aromatic heterocycles. The van der Waals surface area contributed by atoms with E-state index in [4.69, 9.17) is 0 Å². The highest BCUT2D eigenvalue weighted by Crippen LogP contribution is 2.42. The number of aryl methyl sites for hydroxylation is 1. The fourth-order valence-corrected chi connectivity index (χ4v) is 4.97. The minimum atomic E-state index is -0.0610. The molecular weight excluding hydrogens is 328 g/mol. The van der Waals surface area contributed by atoms with E-state index in [0.29, 0.717) is 0 Å². The first-order chi connectivity index (χ1) is 13.3. The second-order valence-electron chi connectivity index (χ2n) is 7.63. The number of benzene rings is 5. The van der Waals surface area contributed by atoms with Crippen molar-refractivity contribution in [3.8, 4) is 0 Å². The van der Waals surface area contributed by atoms with E-state index >= 15 is 0 Å². The number of Topliss-reactive ketones (excluding diaryl/α,β-unsaturated/α-hetero) is 1. The van der Waals surface area contributed by atoms with E-state index in [2.05, 4.69) is 60.7 Å². The molecule has 1 atom stereocenters. The van der Waals surface area contributed by atoms with Crippen molar-refractivity contribution >= 4 is 38.1 Å². The summed E-state index contributed by atoms with van der Waals surface area (Å²) in [6.45, 7) is 0. The molecule has 0 saturated heterocycles. The predicted octanol–water partition coefficient (Wildman–Crippen LogP) is 6.50. The van der Waals surface area contributed by atoms with E-state index in [1.807, 2.05) is 18.2 Å². The van der Waals surface area contributed by atoms with Crippen molar-refractivity contribution in [1.82, 2.24) is 0 Å². The Morgan fingerprint density at radius 3 is 2.33 bits per heavy atom. The van der Waals surface area contributed by atoms with Crippen LogP contribution in [0.25, 0.3) is 32.3 Å². The van der Waals surface area contributed by atoms with Crippen molar-refractivity contribution in [2.45, 2.75) is 18.8 Å². The Balaban J connectivity index is 1.68. The average molecular weight is 346 g/mol. The van der Waals surface area contributed by atoms with Gasteiger partial charge in [-0.25, -0.2) is 0 Å². The highest BCUT2D eigenvalue weighted by atomic mass is 16.1. The van der Waals surface area contributed by atoms with Gasteiger partial charge in [-0.1, -0.05) is 72.8 Å². The highest BCUT2D eigenvalue weighted by molar-refractivity contribution is 6.24. The van der Waals surface area contributed by atoms with Crippen molar-refractivity contribution < 1.29 is 4.79 Å². The molecule has 27 heavy (non-hydrogen) atoms. The van der Waals surface area contributed by atoms with Gasteiger partial charge >= 0.3 is 0 Å². The smallest absolute Gasteiger partial charge is 0.170 e. The Bertz CT molecular complexity index is 1340. The number of hydrogen-bond donors (Lipinski definition) is 0. The fraction of sp³-hybridized carbons (Fsp3) is 0.115. The summed E-state index contributed by atoms with van der Waals surface area (Å²) in [6, 6.07) is 27.7. The third-order valence-corrected chi connectivity index (χ3v) is 6.22. The van der Waals surface area contributed by atoms with E-state index in [-0.39, 0.29) is 11.7 Å². The molecule has 0 amide bonds. The molecule has 0 heterocycles. The summed E-state index contributed by atoms with van der Waals surface area (Å²) in [5, 5.41) is 7.60. The summed E-state index contributed by atoms with van der Waals surface area (Å²) in [6.07, 6.45) is 1.85. The molecular formula is C26H18O. The lowest BCUT2D eigenvalue weighted by Crippen LogP contribution is -2.21. The maximum Gasteiger partial charge on any atom is 0.170 e. The molecule has 6 rings (SSSR count). The molecule has 0 radical (unpaired) electrons. The van der Waals surface area contributed by atoms with Gasteiger partial charge in [0.05, 0.1) is 0 Å². The summed E-state index contributed by atoms with van der Waals surface area (Å²) in [4.78, 5) is 13.3. The molecule has 1 aliphatic carbocycles. The minimum Gasteiger partial charge on any atom is -0.293 e. The number of rotatable bonds is 1. The number of carbonyl (C=O) groups excluding carboxylic acids is 1. The van der Waals surface area contributed by atoms with Gasteiger partial charge in [0.15, 0.2) is 5.78 Å². The SMILES string of the molecule is O=C1c2ccccc2CCC1c1cc2cccc3ccc4cccc1c4c32. The monoisotopic (exact) mass is 346 g/mol. The Hall–Kier alpha value is -3.19. The summed E-state index contributed by atoms with van der Waals surface area (Å²) in [5.74, 6) is 0.209. The summed E-state index contributed by atoms with van der Waals surface area (Å²) in [5.41, 5.74) is 3.28. The van der Waals surface area contributed by atoms with Gasteiger partial charge in [0.1, 0.15) is 0 Å². The molecule has 1 heteroatoms. The van der Waals surface area contributed by atoms with Crippen molar-refractivity contribution in [2.75, 3.05) is 0 Å². The third-order valence-electron chi connectivity index (χ3n) is 6.22. The average Bonchev–Trinajstić information content (AvgIpc) is 2.72. The van der Waals surface area contributed by atoms with Gasteiger partial charge in [-0.15, -0.1) is 0 Å². The molecule has 0 spiro atoms. The second-order valence-corrected chi connectivity index (χ2v) is 7.63. The van der Waals surface area contributed by atoms with Gasteiger partial charge in [-0.2, -0.15) is 0 Å². The van der Waals surface area contributed by atoms with Crippen molar-refractivity contribution in [3.05, 3.63) is 95.6 Å². The topological polar surface area (TPSA) is 17.1 Å². The van der Waals surface area contributed by atoms with Gasteiger partial charge in [0, 0.05) is 11.5 Å². The molecule has 1 nitrogen and oxygen atoms in total. The molecule has 5 aromatic carbocycles. The van der Waals surface area contributed by atoms with Gasteiger partial charge < -0.3 is 0 Å². The van der Waals surface area contributed by atoms with Crippen LogP contribution in [0.4, 0.5) is 0 Å². The number of hydrogen-bond acceptors (Lipinski definition) is 1. The van der Waals surface area contributed by atoms with Crippen LogP contribution in [-0.4, -0.2) is 5.78 Å². The largest absolute Gasteiger partial charge is 0.293 e. The zero-order valence-corrected chi connectivity index (χ0v) is 14.9. The first-order valence-corrected chi connectivity index (χ1v) is 9.60. The molecule has 0 aliphatic heterocycles. The van der Waals surface area contributed by atoms with Crippen LogP contribution >= 0.6 is 0 Å².